The van der Waals surface area contributed by atoms with E-state index < -0.39 is 5.60 Å². The molecule has 1 aromatic rings. The van der Waals surface area contributed by atoms with Crippen LogP contribution in [0, 0.1) is 0 Å². The highest BCUT2D eigenvalue weighted by molar-refractivity contribution is 5.28. The Labute approximate surface area is 110 Å². The minimum atomic E-state index is -0.773. The molecular formula is C15H25NO2. The van der Waals surface area contributed by atoms with E-state index in [0.717, 1.165) is 12.2 Å². The van der Waals surface area contributed by atoms with Crippen molar-refractivity contribution in [3.05, 3.63) is 29.8 Å². The van der Waals surface area contributed by atoms with Gasteiger partial charge in [0.1, 0.15) is 5.75 Å². The lowest BCUT2D eigenvalue weighted by Gasteiger charge is -2.20. The molecule has 3 heteroatoms. The largest absolute Gasteiger partial charge is 0.494 e. The van der Waals surface area contributed by atoms with Gasteiger partial charge in [0.05, 0.1) is 12.2 Å². The zero-order valence-electron chi connectivity index (χ0n) is 11.6. The summed E-state index contributed by atoms with van der Waals surface area (Å²) < 4.78 is 5.63. The second-order valence-electron chi connectivity index (χ2n) is 5.38. The Morgan fingerprint density at radius 2 is 1.89 bits per heavy atom. The minimum Gasteiger partial charge on any atom is -0.494 e. The maximum atomic E-state index is 9.74. The third-order valence-corrected chi connectivity index (χ3v) is 3.11. The van der Waals surface area contributed by atoms with Crippen LogP contribution in [0.15, 0.2) is 24.3 Å². The molecule has 0 spiro atoms. The summed E-state index contributed by atoms with van der Waals surface area (Å²) in [7, 11) is 0. The van der Waals surface area contributed by atoms with E-state index in [9.17, 15) is 5.11 Å². The van der Waals surface area contributed by atoms with Crippen LogP contribution < -0.4 is 10.5 Å². The van der Waals surface area contributed by atoms with Crippen LogP contribution in [0.5, 0.6) is 5.75 Å². The zero-order valence-corrected chi connectivity index (χ0v) is 11.6. The van der Waals surface area contributed by atoms with E-state index >= 15 is 0 Å². The van der Waals surface area contributed by atoms with Gasteiger partial charge in [-0.15, -0.1) is 0 Å². The van der Waals surface area contributed by atoms with E-state index in [0.29, 0.717) is 18.9 Å². The molecule has 0 saturated carbocycles. The molecule has 1 aromatic carbocycles. The summed E-state index contributed by atoms with van der Waals surface area (Å²) in [5.74, 6) is 1.42. The summed E-state index contributed by atoms with van der Waals surface area (Å²) in [6.07, 6.45) is 1.46. The van der Waals surface area contributed by atoms with Crippen molar-refractivity contribution >= 4 is 0 Å². The van der Waals surface area contributed by atoms with Gasteiger partial charge < -0.3 is 15.6 Å². The monoisotopic (exact) mass is 251 g/mol. The fraction of sp³-hybridized carbons (Fsp3) is 0.600. The normalized spacial score (nSPS) is 14.6. The molecule has 0 aliphatic rings. The van der Waals surface area contributed by atoms with Gasteiger partial charge in [-0.05, 0) is 43.4 Å². The van der Waals surface area contributed by atoms with Gasteiger partial charge in [-0.1, -0.05) is 26.0 Å². The molecule has 0 aliphatic heterocycles. The Balaban J connectivity index is 2.32. The zero-order chi connectivity index (χ0) is 13.6. The Bertz CT molecular complexity index is 344. The van der Waals surface area contributed by atoms with Crippen LogP contribution in [0.1, 0.15) is 45.1 Å². The first-order chi connectivity index (χ1) is 8.44. The first kappa shape index (κ1) is 15.0. The van der Waals surface area contributed by atoms with Crippen molar-refractivity contribution in [3.8, 4) is 5.75 Å². The number of rotatable bonds is 7. The SMILES string of the molecule is CC(C)c1ccc(OCCCC(C)(O)CN)cc1. The van der Waals surface area contributed by atoms with E-state index in [1.54, 1.807) is 6.92 Å². The quantitative estimate of drug-likeness (QED) is 0.733. The first-order valence-electron chi connectivity index (χ1n) is 6.60. The van der Waals surface area contributed by atoms with Gasteiger partial charge in [-0.25, -0.2) is 0 Å². The van der Waals surface area contributed by atoms with Crippen molar-refractivity contribution in [1.29, 1.82) is 0 Å². The topological polar surface area (TPSA) is 55.5 Å². The molecule has 0 heterocycles. The Hall–Kier alpha value is -1.06. The molecule has 1 rings (SSSR count). The number of aliphatic hydroxyl groups is 1. The van der Waals surface area contributed by atoms with Crippen LogP contribution in [0.25, 0.3) is 0 Å². The van der Waals surface area contributed by atoms with E-state index in [1.165, 1.54) is 5.56 Å². The Morgan fingerprint density at radius 1 is 1.28 bits per heavy atom. The molecule has 0 fully saturated rings. The second-order valence-corrected chi connectivity index (χ2v) is 5.38. The average molecular weight is 251 g/mol. The maximum Gasteiger partial charge on any atom is 0.119 e. The number of hydrogen-bond donors (Lipinski definition) is 2. The summed E-state index contributed by atoms with van der Waals surface area (Å²) in [5, 5.41) is 9.74. The number of nitrogens with two attached hydrogens (primary N) is 1. The predicted molar refractivity (Wildman–Crippen MR) is 74.9 cm³/mol. The van der Waals surface area contributed by atoms with E-state index in [1.807, 2.05) is 12.1 Å². The average Bonchev–Trinajstić information content (AvgIpc) is 2.35. The number of ether oxygens (including phenoxy) is 1. The number of hydrogen-bond acceptors (Lipinski definition) is 3. The van der Waals surface area contributed by atoms with Crippen LogP contribution in [0.3, 0.4) is 0 Å². The predicted octanol–water partition coefficient (Wildman–Crippen LogP) is 2.68. The lowest BCUT2D eigenvalue weighted by molar-refractivity contribution is 0.0536. The molecule has 1 unspecified atom stereocenters. The van der Waals surface area contributed by atoms with Gasteiger partial charge in [0.2, 0.25) is 0 Å². The highest BCUT2D eigenvalue weighted by atomic mass is 16.5. The fourth-order valence-electron chi connectivity index (χ4n) is 1.69. The fourth-order valence-corrected chi connectivity index (χ4v) is 1.69. The van der Waals surface area contributed by atoms with Crippen LogP contribution in [0.4, 0.5) is 0 Å². The number of benzene rings is 1. The highest BCUT2D eigenvalue weighted by Gasteiger charge is 2.16. The Kier molecular flexibility index (Phi) is 5.63. The smallest absolute Gasteiger partial charge is 0.119 e. The van der Waals surface area contributed by atoms with Crippen LogP contribution >= 0.6 is 0 Å². The van der Waals surface area contributed by atoms with Gasteiger partial charge in [0.15, 0.2) is 0 Å². The summed E-state index contributed by atoms with van der Waals surface area (Å²) in [4.78, 5) is 0. The molecule has 0 amide bonds. The molecule has 102 valence electrons. The highest BCUT2D eigenvalue weighted by Crippen LogP contribution is 2.19. The van der Waals surface area contributed by atoms with Gasteiger partial charge in [0, 0.05) is 6.54 Å². The first-order valence-corrected chi connectivity index (χ1v) is 6.60. The summed E-state index contributed by atoms with van der Waals surface area (Å²) >= 11 is 0. The van der Waals surface area contributed by atoms with Crippen LogP contribution in [0.2, 0.25) is 0 Å². The molecule has 18 heavy (non-hydrogen) atoms. The van der Waals surface area contributed by atoms with Gasteiger partial charge >= 0.3 is 0 Å². The van der Waals surface area contributed by atoms with Crippen molar-refractivity contribution in [2.75, 3.05) is 13.2 Å². The Morgan fingerprint density at radius 3 is 2.39 bits per heavy atom. The third kappa shape index (κ3) is 5.07. The van der Waals surface area contributed by atoms with Crippen molar-refractivity contribution in [2.45, 2.75) is 45.1 Å². The lowest BCUT2D eigenvalue weighted by atomic mass is 10.0. The molecule has 0 aliphatic carbocycles. The van der Waals surface area contributed by atoms with Crippen molar-refractivity contribution < 1.29 is 9.84 Å². The second kappa shape index (κ2) is 6.76. The molecule has 0 aromatic heterocycles. The molecule has 0 saturated heterocycles. The van der Waals surface area contributed by atoms with Crippen molar-refractivity contribution in [3.63, 3.8) is 0 Å². The van der Waals surface area contributed by atoms with Crippen molar-refractivity contribution in [1.82, 2.24) is 0 Å². The standard InChI is InChI=1S/C15H25NO2/c1-12(2)13-5-7-14(8-6-13)18-10-4-9-15(3,17)11-16/h5-8,12,17H,4,9-11,16H2,1-3H3. The van der Waals surface area contributed by atoms with Crippen LogP contribution in [-0.4, -0.2) is 23.9 Å². The summed E-state index contributed by atoms with van der Waals surface area (Å²) in [6, 6.07) is 8.18. The third-order valence-electron chi connectivity index (χ3n) is 3.11. The molecule has 0 radical (unpaired) electrons. The van der Waals surface area contributed by atoms with Gasteiger partial charge in [-0.3, -0.25) is 0 Å². The van der Waals surface area contributed by atoms with E-state index in [2.05, 4.69) is 26.0 Å². The maximum absolute atomic E-state index is 9.74. The minimum absolute atomic E-state index is 0.288. The van der Waals surface area contributed by atoms with E-state index in [-0.39, 0.29) is 6.54 Å². The lowest BCUT2D eigenvalue weighted by Crippen LogP contribution is -2.34. The molecule has 0 bridgehead atoms. The summed E-state index contributed by atoms with van der Waals surface area (Å²) in [6.45, 7) is 6.99. The van der Waals surface area contributed by atoms with E-state index in [4.69, 9.17) is 10.5 Å². The molecule has 1 atom stereocenters. The van der Waals surface area contributed by atoms with Crippen LogP contribution in [-0.2, 0) is 0 Å². The van der Waals surface area contributed by atoms with Gasteiger partial charge in [0.25, 0.3) is 0 Å². The van der Waals surface area contributed by atoms with Gasteiger partial charge in [-0.2, -0.15) is 0 Å². The molecular weight excluding hydrogens is 226 g/mol. The van der Waals surface area contributed by atoms with Crippen molar-refractivity contribution in [2.24, 2.45) is 5.73 Å². The molecule has 3 nitrogen and oxygen atoms in total. The molecule has 3 N–H and O–H groups in total. The summed E-state index contributed by atoms with van der Waals surface area (Å²) in [5.41, 5.74) is 5.99.